The molecular formula is C39H26O13. The second-order valence-electron chi connectivity index (χ2n) is 12.8. The first-order chi connectivity index (χ1) is 24.9. The molecule has 52 heavy (non-hydrogen) atoms. The molecule has 0 bridgehead atoms. The van der Waals surface area contributed by atoms with Crippen LogP contribution in [0.25, 0.3) is 21.5 Å². The molecule has 2 heterocycles. The van der Waals surface area contributed by atoms with Gasteiger partial charge in [0.15, 0.2) is 40.4 Å². The zero-order chi connectivity index (χ0) is 36.7. The molecule has 13 heteroatoms. The van der Waals surface area contributed by atoms with Crippen molar-refractivity contribution in [2.45, 2.75) is 38.9 Å². The predicted octanol–water partition coefficient (Wildman–Crippen LogP) is 4.45. The number of hydrogen-bond donors (Lipinski definition) is 2. The highest BCUT2D eigenvalue weighted by molar-refractivity contribution is 6.33. The maximum absolute atomic E-state index is 14.1. The van der Waals surface area contributed by atoms with Crippen molar-refractivity contribution < 1.29 is 62.7 Å². The van der Waals surface area contributed by atoms with Crippen LogP contribution in [-0.2, 0) is 23.9 Å². The molecule has 0 amide bonds. The lowest BCUT2D eigenvalue weighted by atomic mass is 9.76. The third-order valence-electron chi connectivity index (χ3n) is 9.78. The van der Waals surface area contributed by atoms with Crippen LogP contribution in [0.15, 0.2) is 70.8 Å². The molecule has 2 aliphatic heterocycles. The van der Waals surface area contributed by atoms with E-state index in [-0.39, 0.29) is 90.4 Å². The number of ketones is 5. The Balaban J connectivity index is 1.12. The molecule has 4 aliphatic rings. The van der Waals surface area contributed by atoms with Crippen molar-refractivity contribution in [2.75, 3.05) is 13.2 Å². The molecule has 8 rings (SSSR count). The summed E-state index contributed by atoms with van der Waals surface area (Å²) < 4.78 is 22.5. The Morgan fingerprint density at radius 2 is 0.904 bits per heavy atom. The van der Waals surface area contributed by atoms with Crippen molar-refractivity contribution in [3.8, 4) is 23.0 Å². The fourth-order valence-corrected chi connectivity index (χ4v) is 7.47. The van der Waals surface area contributed by atoms with Crippen molar-refractivity contribution in [2.24, 2.45) is 0 Å². The van der Waals surface area contributed by atoms with Crippen LogP contribution in [-0.4, -0.2) is 76.5 Å². The highest BCUT2D eigenvalue weighted by atomic mass is 16.5. The molecule has 0 fully saturated rings. The van der Waals surface area contributed by atoms with E-state index in [0.717, 1.165) is 13.8 Å². The summed E-state index contributed by atoms with van der Waals surface area (Å²) in [5.41, 5.74) is -1.55. The van der Waals surface area contributed by atoms with Crippen molar-refractivity contribution in [3.63, 3.8) is 0 Å². The van der Waals surface area contributed by atoms with Gasteiger partial charge in [0.25, 0.3) is 0 Å². The number of carbonyl (C=O) groups excluding carboxylic acids is 7. The average Bonchev–Trinajstić information content (AvgIpc) is 3.14. The van der Waals surface area contributed by atoms with Gasteiger partial charge in [-0.3, -0.25) is 33.6 Å². The standard InChI is InChI=1S/C39H26O13/c1-15(40)51-38-19-9-5-3-7-17(19)31(42)27-29(38)33(44)21-11-25(49-13-23(21)35(27)46)37(48)26-12-22-24(14-50-26)36(47)28-30(34(22)45)39(52-16(2)41)20-10-6-4-8-18(20)32(28)43/h3-10,25-26,42-43H,11-14H2,1-2H3. The van der Waals surface area contributed by atoms with Gasteiger partial charge in [0.2, 0.25) is 0 Å². The Morgan fingerprint density at radius 1 is 0.558 bits per heavy atom. The molecule has 4 aromatic rings. The Morgan fingerprint density at radius 3 is 1.27 bits per heavy atom. The van der Waals surface area contributed by atoms with Crippen molar-refractivity contribution in [1.29, 1.82) is 0 Å². The monoisotopic (exact) mass is 702 g/mol. The zero-order valence-corrected chi connectivity index (χ0v) is 27.5. The molecule has 2 unspecified atom stereocenters. The van der Waals surface area contributed by atoms with Crippen molar-refractivity contribution >= 4 is 62.4 Å². The number of aromatic hydroxyl groups is 2. The fourth-order valence-electron chi connectivity index (χ4n) is 7.47. The SMILES string of the molecule is CC(=O)Oc1c2c(c(O)c3ccccc13)C(=O)C1=C(CC(C(=O)C3CC4=C(CO3)C(=O)c3c(c(OC(C)=O)c5ccccc5c3O)C4=O)OC1)C2=O. The number of ether oxygens (including phenoxy) is 4. The van der Waals surface area contributed by atoms with E-state index in [1.54, 1.807) is 24.3 Å². The molecule has 2 atom stereocenters. The lowest BCUT2D eigenvalue weighted by Gasteiger charge is -2.34. The van der Waals surface area contributed by atoms with E-state index >= 15 is 0 Å². The number of benzene rings is 4. The predicted molar refractivity (Wildman–Crippen MR) is 179 cm³/mol. The highest BCUT2D eigenvalue weighted by Crippen LogP contribution is 2.48. The van der Waals surface area contributed by atoms with Crippen molar-refractivity contribution in [3.05, 3.63) is 93.1 Å². The average molecular weight is 703 g/mol. The van der Waals surface area contributed by atoms with Crippen LogP contribution in [0.3, 0.4) is 0 Å². The minimum atomic E-state index is -1.32. The van der Waals surface area contributed by atoms with Gasteiger partial charge in [0, 0.05) is 70.5 Å². The van der Waals surface area contributed by atoms with E-state index in [4.69, 9.17) is 18.9 Å². The van der Waals surface area contributed by atoms with E-state index in [0.29, 0.717) is 0 Å². The van der Waals surface area contributed by atoms with Crippen molar-refractivity contribution in [1.82, 2.24) is 0 Å². The largest absolute Gasteiger partial charge is 0.506 e. The minimum Gasteiger partial charge on any atom is -0.506 e. The maximum atomic E-state index is 14.1. The Labute approximate surface area is 293 Å². The number of rotatable bonds is 4. The molecule has 2 aliphatic carbocycles. The Kier molecular flexibility index (Phi) is 7.52. The third-order valence-corrected chi connectivity index (χ3v) is 9.78. The zero-order valence-electron chi connectivity index (χ0n) is 27.5. The van der Waals surface area contributed by atoms with Gasteiger partial charge in [-0.1, -0.05) is 48.5 Å². The normalized spacial score (nSPS) is 19.7. The van der Waals surface area contributed by atoms with E-state index < -0.39 is 77.8 Å². The van der Waals surface area contributed by atoms with E-state index in [1.807, 2.05) is 0 Å². The molecule has 4 aromatic carbocycles. The fraction of sp³-hybridized carbons (Fsp3) is 0.205. The first-order valence-electron chi connectivity index (χ1n) is 16.2. The Hall–Kier alpha value is -6.31. The number of carbonyl (C=O) groups is 7. The van der Waals surface area contributed by atoms with Gasteiger partial charge in [0.1, 0.15) is 23.7 Å². The quantitative estimate of drug-likeness (QED) is 0.224. The van der Waals surface area contributed by atoms with Crippen LogP contribution in [0, 0.1) is 0 Å². The van der Waals surface area contributed by atoms with Gasteiger partial charge in [-0.25, -0.2) is 0 Å². The van der Waals surface area contributed by atoms with Crippen LogP contribution in [0.1, 0.15) is 68.1 Å². The molecule has 0 radical (unpaired) electrons. The van der Waals surface area contributed by atoms with Gasteiger partial charge >= 0.3 is 11.9 Å². The molecule has 0 aromatic heterocycles. The second-order valence-corrected chi connectivity index (χ2v) is 12.8. The topological polar surface area (TPSA) is 197 Å². The summed E-state index contributed by atoms with van der Waals surface area (Å²) in [7, 11) is 0. The summed E-state index contributed by atoms with van der Waals surface area (Å²) in [6, 6.07) is 12.5. The van der Waals surface area contributed by atoms with E-state index in [2.05, 4.69) is 0 Å². The highest BCUT2D eigenvalue weighted by Gasteiger charge is 2.47. The Bertz CT molecular complexity index is 2330. The summed E-state index contributed by atoms with van der Waals surface area (Å²) in [5.74, 6) is -6.41. The molecule has 13 nitrogen and oxygen atoms in total. The van der Waals surface area contributed by atoms with Gasteiger partial charge in [-0.15, -0.1) is 0 Å². The van der Waals surface area contributed by atoms with Crippen LogP contribution in [0.5, 0.6) is 23.0 Å². The molecule has 2 N–H and O–H groups in total. The second kappa shape index (κ2) is 11.9. The van der Waals surface area contributed by atoms with Crippen LogP contribution in [0.4, 0.5) is 0 Å². The van der Waals surface area contributed by atoms with E-state index in [1.165, 1.54) is 24.3 Å². The molecule has 0 spiro atoms. The summed E-state index contributed by atoms with van der Waals surface area (Å²) >= 11 is 0. The number of hydrogen-bond acceptors (Lipinski definition) is 13. The summed E-state index contributed by atoms with van der Waals surface area (Å²) in [4.78, 5) is 93.9. The van der Waals surface area contributed by atoms with Crippen LogP contribution < -0.4 is 9.47 Å². The first-order valence-corrected chi connectivity index (χ1v) is 16.2. The molecule has 0 saturated carbocycles. The number of Topliss-reactive ketones (excluding diaryl/α,β-unsaturated/α-hetero) is 5. The number of phenolic OH excluding ortho intramolecular Hbond substituents is 2. The number of esters is 2. The summed E-state index contributed by atoms with van der Waals surface area (Å²) in [6.45, 7) is 1.34. The van der Waals surface area contributed by atoms with Gasteiger partial charge in [0.05, 0.1) is 35.5 Å². The van der Waals surface area contributed by atoms with Gasteiger partial charge in [-0.05, 0) is 0 Å². The number of fused-ring (bicyclic) bond motifs is 4. The minimum absolute atomic E-state index is 0.0629. The molecule has 0 saturated heterocycles. The first kappa shape index (κ1) is 32.9. The smallest absolute Gasteiger partial charge is 0.308 e. The lowest BCUT2D eigenvalue weighted by molar-refractivity contribution is -0.142. The number of phenols is 2. The molecule has 260 valence electrons. The summed E-state index contributed by atoms with van der Waals surface area (Å²) in [6.07, 6.45) is -3.38. The third kappa shape index (κ3) is 4.73. The van der Waals surface area contributed by atoms with Gasteiger partial charge in [-0.2, -0.15) is 0 Å². The van der Waals surface area contributed by atoms with Gasteiger partial charge < -0.3 is 29.2 Å². The summed E-state index contributed by atoms with van der Waals surface area (Å²) in [5, 5.41) is 23.1. The van der Waals surface area contributed by atoms with Crippen LogP contribution in [0.2, 0.25) is 0 Å². The van der Waals surface area contributed by atoms with Crippen LogP contribution >= 0.6 is 0 Å². The molecular weight excluding hydrogens is 676 g/mol. The maximum Gasteiger partial charge on any atom is 0.308 e. The lowest BCUT2D eigenvalue weighted by Crippen LogP contribution is -2.44. The van der Waals surface area contributed by atoms with E-state index in [9.17, 15) is 43.8 Å².